The first kappa shape index (κ1) is 17.1. The summed E-state index contributed by atoms with van der Waals surface area (Å²) in [6.45, 7) is 6.85. The minimum absolute atomic E-state index is 0.0767. The zero-order valence-electron chi connectivity index (χ0n) is 15.0. The van der Waals surface area contributed by atoms with Crippen molar-refractivity contribution in [2.75, 3.05) is 5.32 Å². The van der Waals surface area contributed by atoms with E-state index in [1.807, 2.05) is 38.1 Å². The molecule has 0 atom stereocenters. The number of para-hydroxylation sites is 1. The van der Waals surface area contributed by atoms with Crippen LogP contribution in [0.4, 0.5) is 5.69 Å². The van der Waals surface area contributed by atoms with Crippen LogP contribution < -0.4 is 5.32 Å². The third-order valence-electron chi connectivity index (χ3n) is 4.57. The van der Waals surface area contributed by atoms with Crippen molar-refractivity contribution in [2.45, 2.75) is 40.2 Å². The number of aryl methyl sites for hydroxylation is 3. The molecule has 1 heterocycles. The molecule has 3 aromatic rings. The SMILES string of the molecule is CCCCn1c(C(=O)Nc2cc(C)ccc2O)c(C)c2ccccc21. The predicted molar refractivity (Wildman–Crippen MR) is 102 cm³/mol. The standard InChI is InChI=1S/C21H24N2O2/c1-4-5-12-23-18-9-7-6-8-16(18)15(3)20(23)21(25)22-17-13-14(2)10-11-19(17)24/h6-11,13,24H,4-5,12H2,1-3H3,(H,22,25). The van der Waals surface area contributed by atoms with Gasteiger partial charge in [0.1, 0.15) is 11.4 Å². The minimum atomic E-state index is -0.189. The van der Waals surface area contributed by atoms with E-state index in [2.05, 4.69) is 22.9 Å². The van der Waals surface area contributed by atoms with Crippen molar-refractivity contribution in [3.05, 3.63) is 59.3 Å². The van der Waals surface area contributed by atoms with E-state index in [1.54, 1.807) is 12.1 Å². The summed E-state index contributed by atoms with van der Waals surface area (Å²) >= 11 is 0. The average Bonchev–Trinajstić information content (AvgIpc) is 2.89. The number of carbonyl (C=O) groups is 1. The van der Waals surface area contributed by atoms with Crippen LogP contribution in [-0.2, 0) is 6.54 Å². The van der Waals surface area contributed by atoms with E-state index in [4.69, 9.17) is 0 Å². The molecule has 1 aromatic heterocycles. The zero-order chi connectivity index (χ0) is 18.0. The Hall–Kier alpha value is -2.75. The van der Waals surface area contributed by atoms with Crippen LogP contribution in [0.5, 0.6) is 5.75 Å². The van der Waals surface area contributed by atoms with E-state index in [-0.39, 0.29) is 11.7 Å². The number of amides is 1. The monoisotopic (exact) mass is 336 g/mol. The van der Waals surface area contributed by atoms with Gasteiger partial charge in [0.15, 0.2) is 0 Å². The molecular weight excluding hydrogens is 312 g/mol. The van der Waals surface area contributed by atoms with Crippen LogP contribution in [0.3, 0.4) is 0 Å². The number of anilines is 1. The van der Waals surface area contributed by atoms with Crippen LogP contribution in [0, 0.1) is 13.8 Å². The van der Waals surface area contributed by atoms with Gasteiger partial charge in [0.05, 0.1) is 5.69 Å². The average molecular weight is 336 g/mol. The van der Waals surface area contributed by atoms with E-state index in [1.165, 1.54) is 0 Å². The summed E-state index contributed by atoms with van der Waals surface area (Å²) in [5, 5.41) is 14.0. The number of nitrogens with one attached hydrogen (secondary N) is 1. The molecule has 25 heavy (non-hydrogen) atoms. The molecular formula is C21H24N2O2. The van der Waals surface area contributed by atoms with Crippen molar-refractivity contribution in [3.63, 3.8) is 0 Å². The number of hydrogen-bond donors (Lipinski definition) is 2. The van der Waals surface area contributed by atoms with Gasteiger partial charge < -0.3 is 15.0 Å². The summed E-state index contributed by atoms with van der Waals surface area (Å²) < 4.78 is 2.09. The highest BCUT2D eigenvalue weighted by Crippen LogP contribution is 2.29. The maximum Gasteiger partial charge on any atom is 0.272 e. The van der Waals surface area contributed by atoms with E-state index in [0.717, 1.165) is 41.4 Å². The number of phenols is 1. The fourth-order valence-electron chi connectivity index (χ4n) is 3.25. The van der Waals surface area contributed by atoms with Crippen molar-refractivity contribution in [2.24, 2.45) is 0 Å². The number of unbranched alkanes of at least 4 members (excludes halogenated alkanes) is 1. The largest absolute Gasteiger partial charge is 0.506 e. The molecule has 0 fully saturated rings. The Balaban J connectivity index is 2.05. The molecule has 0 unspecified atom stereocenters. The number of phenolic OH excluding ortho intramolecular Hbond substituents is 1. The van der Waals surface area contributed by atoms with Gasteiger partial charge in [0, 0.05) is 17.4 Å². The number of rotatable bonds is 5. The Bertz CT molecular complexity index is 925. The Labute approximate surface area is 148 Å². The third-order valence-corrected chi connectivity index (χ3v) is 4.57. The smallest absolute Gasteiger partial charge is 0.272 e. The number of hydrogen-bond acceptors (Lipinski definition) is 2. The highest BCUT2D eigenvalue weighted by atomic mass is 16.3. The van der Waals surface area contributed by atoms with Gasteiger partial charge in [-0.2, -0.15) is 0 Å². The summed E-state index contributed by atoms with van der Waals surface area (Å²) in [6, 6.07) is 13.3. The molecule has 2 N–H and O–H groups in total. The Morgan fingerprint density at radius 3 is 2.68 bits per heavy atom. The van der Waals surface area contributed by atoms with Gasteiger partial charge in [0.2, 0.25) is 0 Å². The Kier molecular flexibility index (Phi) is 4.79. The number of carbonyl (C=O) groups excluding carboxylic acids is 1. The molecule has 0 aliphatic carbocycles. The second kappa shape index (κ2) is 7.01. The van der Waals surface area contributed by atoms with Crippen LogP contribution >= 0.6 is 0 Å². The Morgan fingerprint density at radius 2 is 1.92 bits per heavy atom. The maximum atomic E-state index is 13.0. The lowest BCUT2D eigenvalue weighted by atomic mass is 10.1. The molecule has 0 aliphatic heterocycles. The van der Waals surface area contributed by atoms with Gasteiger partial charge in [-0.15, -0.1) is 0 Å². The number of aromatic hydroxyl groups is 1. The van der Waals surface area contributed by atoms with Crippen LogP contribution in [0.2, 0.25) is 0 Å². The molecule has 0 bridgehead atoms. The second-order valence-electron chi connectivity index (χ2n) is 6.47. The number of benzene rings is 2. The fraction of sp³-hybridized carbons (Fsp3) is 0.286. The third kappa shape index (κ3) is 3.25. The maximum absolute atomic E-state index is 13.0. The highest BCUT2D eigenvalue weighted by molar-refractivity contribution is 6.08. The number of nitrogens with zero attached hydrogens (tertiary/aromatic N) is 1. The summed E-state index contributed by atoms with van der Waals surface area (Å²) in [7, 11) is 0. The molecule has 4 nitrogen and oxygen atoms in total. The lowest BCUT2D eigenvalue weighted by molar-refractivity contribution is 0.101. The minimum Gasteiger partial charge on any atom is -0.506 e. The van der Waals surface area contributed by atoms with Crippen LogP contribution in [0.25, 0.3) is 10.9 Å². The zero-order valence-corrected chi connectivity index (χ0v) is 15.0. The van der Waals surface area contributed by atoms with E-state index < -0.39 is 0 Å². The molecule has 1 amide bonds. The summed E-state index contributed by atoms with van der Waals surface area (Å²) in [5.74, 6) is -0.112. The van der Waals surface area contributed by atoms with Gasteiger partial charge in [0.25, 0.3) is 5.91 Å². The van der Waals surface area contributed by atoms with E-state index in [9.17, 15) is 9.90 Å². The first-order valence-electron chi connectivity index (χ1n) is 8.71. The van der Waals surface area contributed by atoms with Gasteiger partial charge in [-0.05, 0) is 49.6 Å². The molecule has 3 rings (SSSR count). The second-order valence-corrected chi connectivity index (χ2v) is 6.47. The van der Waals surface area contributed by atoms with Crippen LogP contribution in [0.15, 0.2) is 42.5 Å². The molecule has 0 radical (unpaired) electrons. The lowest BCUT2D eigenvalue weighted by Crippen LogP contribution is -2.18. The van der Waals surface area contributed by atoms with E-state index >= 15 is 0 Å². The first-order valence-corrected chi connectivity index (χ1v) is 8.71. The van der Waals surface area contributed by atoms with Gasteiger partial charge >= 0.3 is 0 Å². The summed E-state index contributed by atoms with van der Waals surface area (Å²) in [4.78, 5) is 13.0. The quantitative estimate of drug-likeness (QED) is 0.643. The summed E-state index contributed by atoms with van der Waals surface area (Å²) in [6.07, 6.45) is 2.07. The molecule has 2 aromatic carbocycles. The molecule has 130 valence electrons. The molecule has 0 saturated heterocycles. The van der Waals surface area contributed by atoms with Gasteiger partial charge in [-0.25, -0.2) is 0 Å². The van der Waals surface area contributed by atoms with Crippen molar-refractivity contribution in [1.29, 1.82) is 0 Å². The van der Waals surface area contributed by atoms with Crippen molar-refractivity contribution >= 4 is 22.5 Å². The summed E-state index contributed by atoms with van der Waals surface area (Å²) in [5.41, 5.74) is 4.13. The molecule has 0 saturated carbocycles. The van der Waals surface area contributed by atoms with Crippen molar-refractivity contribution in [3.8, 4) is 5.75 Å². The van der Waals surface area contributed by atoms with Crippen LogP contribution in [-0.4, -0.2) is 15.6 Å². The number of aromatic nitrogens is 1. The van der Waals surface area contributed by atoms with Crippen molar-refractivity contribution < 1.29 is 9.90 Å². The predicted octanol–water partition coefficient (Wildman–Crippen LogP) is 5.02. The topological polar surface area (TPSA) is 54.3 Å². The first-order chi connectivity index (χ1) is 12.0. The fourth-order valence-corrected chi connectivity index (χ4v) is 3.25. The van der Waals surface area contributed by atoms with Gasteiger partial charge in [-0.1, -0.05) is 37.6 Å². The molecule has 0 aliphatic rings. The Morgan fingerprint density at radius 1 is 1.16 bits per heavy atom. The van der Waals surface area contributed by atoms with Crippen molar-refractivity contribution in [1.82, 2.24) is 4.57 Å². The molecule has 4 heteroatoms. The highest BCUT2D eigenvalue weighted by Gasteiger charge is 2.20. The lowest BCUT2D eigenvalue weighted by Gasteiger charge is -2.13. The van der Waals surface area contributed by atoms with E-state index in [0.29, 0.717) is 11.4 Å². The number of fused-ring (bicyclic) bond motifs is 1. The van der Waals surface area contributed by atoms with Crippen LogP contribution in [0.1, 0.15) is 41.4 Å². The normalized spacial score (nSPS) is 11.0. The molecule has 0 spiro atoms. The van der Waals surface area contributed by atoms with Gasteiger partial charge in [-0.3, -0.25) is 4.79 Å².